The molecule has 0 radical (unpaired) electrons. The Morgan fingerprint density at radius 3 is 2.88 bits per heavy atom. The molecule has 130 valence electrons. The summed E-state index contributed by atoms with van der Waals surface area (Å²) >= 11 is 0. The van der Waals surface area contributed by atoms with Crippen LogP contribution in [-0.4, -0.2) is 45.5 Å². The van der Waals surface area contributed by atoms with E-state index < -0.39 is 0 Å². The Morgan fingerprint density at radius 2 is 2.08 bits per heavy atom. The van der Waals surface area contributed by atoms with Gasteiger partial charge in [0.15, 0.2) is 5.76 Å². The van der Waals surface area contributed by atoms with Gasteiger partial charge >= 0.3 is 0 Å². The Morgan fingerprint density at radius 1 is 1.20 bits per heavy atom. The molecule has 1 aliphatic heterocycles. The van der Waals surface area contributed by atoms with Crippen LogP contribution in [0.25, 0.3) is 11.3 Å². The van der Waals surface area contributed by atoms with E-state index in [1.54, 1.807) is 6.20 Å². The summed E-state index contributed by atoms with van der Waals surface area (Å²) in [6.45, 7) is 5.97. The van der Waals surface area contributed by atoms with Gasteiger partial charge in [-0.25, -0.2) is 4.98 Å². The van der Waals surface area contributed by atoms with Crippen LogP contribution < -0.4 is 0 Å². The molecule has 1 aromatic carbocycles. The van der Waals surface area contributed by atoms with E-state index in [0.717, 1.165) is 43.5 Å². The van der Waals surface area contributed by atoms with Gasteiger partial charge in [0.2, 0.25) is 5.89 Å². The number of aryl methyl sites for hydroxylation is 1. The highest BCUT2D eigenvalue weighted by atomic mass is 16.5. The summed E-state index contributed by atoms with van der Waals surface area (Å²) in [7, 11) is 0. The van der Waals surface area contributed by atoms with Gasteiger partial charge < -0.3 is 9.15 Å². The van der Waals surface area contributed by atoms with Crippen molar-refractivity contribution in [2.75, 3.05) is 19.7 Å². The lowest BCUT2D eigenvalue weighted by Crippen LogP contribution is -2.43. The van der Waals surface area contributed by atoms with Crippen molar-refractivity contribution in [1.82, 2.24) is 19.7 Å². The Kier molecular flexibility index (Phi) is 4.63. The summed E-state index contributed by atoms with van der Waals surface area (Å²) in [6.07, 6.45) is 5.85. The molecule has 1 fully saturated rings. The number of benzene rings is 1. The number of nitrogens with zero attached hydrogens (tertiary/aromatic N) is 4. The van der Waals surface area contributed by atoms with Crippen LogP contribution in [0.3, 0.4) is 0 Å². The topological polar surface area (TPSA) is 56.3 Å². The maximum absolute atomic E-state index is 5.92. The molecule has 0 aliphatic carbocycles. The summed E-state index contributed by atoms with van der Waals surface area (Å²) in [5, 5.41) is 4.34. The summed E-state index contributed by atoms with van der Waals surface area (Å²) in [5.74, 6) is 1.56. The minimum absolute atomic E-state index is 0.136. The lowest BCUT2D eigenvalue weighted by atomic mass is 10.2. The maximum atomic E-state index is 5.92. The van der Waals surface area contributed by atoms with Crippen molar-refractivity contribution in [2.45, 2.75) is 26.1 Å². The molecule has 3 aromatic rings. The fraction of sp³-hybridized carbons (Fsp3) is 0.368. The first-order valence-corrected chi connectivity index (χ1v) is 8.59. The predicted molar refractivity (Wildman–Crippen MR) is 93.9 cm³/mol. The molecular formula is C19H22N4O2. The van der Waals surface area contributed by atoms with Crippen LogP contribution in [0, 0.1) is 6.92 Å². The molecule has 1 aliphatic rings. The third-order valence-corrected chi connectivity index (χ3v) is 4.35. The summed E-state index contributed by atoms with van der Waals surface area (Å²) in [4.78, 5) is 6.76. The van der Waals surface area contributed by atoms with Gasteiger partial charge in [0.1, 0.15) is 0 Å². The van der Waals surface area contributed by atoms with E-state index in [-0.39, 0.29) is 6.10 Å². The summed E-state index contributed by atoms with van der Waals surface area (Å²) in [5.41, 5.74) is 2.22. The second-order valence-corrected chi connectivity index (χ2v) is 6.45. The zero-order valence-corrected chi connectivity index (χ0v) is 14.3. The first kappa shape index (κ1) is 16.1. The van der Waals surface area contributed by atoms with E-state index in [2.05, 4.69) is 15.0 Å². The molecule has 25 heavy (non-hydrogen) atoms. The van der Waals surface area contributed by atoms with Gasteiger partial charge in [0.25, 0.3) is 0 Å². The van der Waals surface area contributed by atoms with Crippen molar-refractivity contribution in [2.24, 2.45) is 0 Å². The van der Waals surface area contributed by atoms with Gasteiger partial charge in [0, 0.05) is 24.8 Å². The van der Waals surface area contributed by atoms with Gasteiger partial charge in [-0.15, -0.1) is 0 Å². The predicted octanol–water partition coefficient (Wildman–Crippen LogP) is 2.75. The van der Waals surface area contributed by atoms with Gasteiger partial charge in [-0.3, -0.25) is 9.58 Å². The molecule has 1 saturated heterocycles. The van der Waals surface area contributed by atoms with Crippen LogP contribution in [-0.2, 0) is 17.8 Å². The number of ether oxygens (including phenoxy) is 1. The van der Waals surface area contributed by atoms with Crippen LogP contribution in [0.15, 0.2) is 53.3 Å². The first-order valence-electron chi connectivity index (χ1n) is 8.59. The van der Waals surface area contributed by atoms with Gasteiger partial charge in [-0.1, -0.05) is 30.3 Å². The highest BCUT2D eigenvalue weighted by Crippen LogP contribution is 2.21. The average molecular weight is 338 g/mol. The van der Waals surface area contributed by atoms with Crippen molar-refractivity contribution in [1.29, 1.82) is 0 Å². The van der Waals surface area contributed by atoms with E-state index in [1.807, 2.05) is 54.3 Å². The molecule has 0 spiro atoms. The molecule has 0 bridgehead atoms. The van der Waals surface area contributed by atoms with Crippen LogP contribution in [0.5, 0.6) is 0 Å². The van der Waals surface area contributed by atoms with E-state index in [4.69, 9.17) is 9.15 Å². The lowest BCUT2D eigenvalue weighted by Gasteiger charge is -2.32. The number of aromatic nitrogens is 3. The maximum Gasteiger partial charge on any atom is 0.209 e. The van der Waals surface area contributed by atoms with Crippen LogP contribution in [0.1, 0.15) is 11.5 Å². The van der Waals surface area contributed by atoms with Crippen molar-refractivity contribution >= 4 is 0 Å². The molecule has 1 atom stereocenters. The Hall–Kier alpha value is -2.44. The van der Waals surface area contributed by atoms with E-state index in [9.17, 15) is 0 Å². The molecule has 0 unspecified atom stereocenters. The van der Waals surface area contributed by atoms with Crippen molar-refractivity contribution in [3.63, 3.8) is 0 Å². The molecule has 6 heteroatoms. The number of hydrogen-bond donors (Lipinski definition) is 0. The summed E-state index contributed by atoms with van der Waals surface area (Å²) in [6, 6.07) is 10.1. The highest BCUT2D eigenvalue weighted by molar-refractivity contribution is 5.55. The normalized spacial score (nSPS) is 18.5. The van der Waals surface area contributed by atoms with E-state index >= 15 is 0 Å². The molecule has 0 amide bonds. The Labute approximate surface area is 147 Å². The molecule has 2 aromatic heterocycles. The Balaban J connectivity index is 1.37. The summed E-state index contributed by atoms with van der Waals surface area (Å²) < 4.78 is 13.7. The third kappa shape index (κ3) is 3.97. The monoisotopic (exact) mass is 338 g/mol. The first-order chi connectivity index (χ1) is 12.3. The fourth-order valence-corrected chi connectivity index (χ4v) is 3.12. The molecular weight excluding hydrogens is 316 g/mol. The molecule has 3 heterocycles. The minimum Gasteiger partial charge on any atom is -0.439 e. The van der Waals surface area contributed by atoms with Crippen molar-refractivity contribution < 1.29 is 9.15 Å². The van der Waals surface area contributed by atoms with E-state index in [1.165, 1.54) is 5.56 Å². The van der Waals surface area contributed by atoms with E-state index in [0.29, 0.717) is 6.54 Å². The number of morpholine rings is 1. The minimum atomic E-state index is 0.136. The fourth-order valence-electron chi connectivity index (χ4n) is 3.12. The smallest absolute Gasteiger partial charge is 0.209 e. The van der Waals surface area contributed by atoms with Crippen molar-refractivity contribution in [3.05, 3.63) is 60.4 Å². The zero-order valence-electron chi connectivity index (χ0n) is 14.3. The van der Waals surface area contributed by atoms with Crippen LogP contribution in [0.2, 0.25) is 0 Å². The number of hydrogen-bond acceptors (Lipinski definition) is 5. The molecule has 4 rings (SSSR count). The zero-order chi connectivity index (χ0) is 17.1. The standard InChI is InChI=1S/C19H22N4O2/c1-15-9-21-23(11-15)13-17-12-22(7-8-24-17)14-19-20-10-18(25-19)16-5-3-2-4-6-16/h2-6,9-11,17H,7-8,12-14H2,1H3/t17-/m0/s1. The van der Waals surface area contributed by atoms with Gasteiger partial charge in [-0.2, -0.15) is 5.10 Å². The lowest BCUT2D eigenvalue weighted by molar-refractivity contribution is -0.0422. The van der Waals surface area contributed by atoms with Gasteiger partial charge in [0.05, 0.1) is 38.2 Å². The second-order valence-electron chi connectivity index (χ2n) is 6.45. The van der Waals surface area contributed by atoms with Crippen LogP contribution in [0.4, 0.5) is 0 Å². The second kappa shape index (κ2) is 7.21. The molecule has 0 N–H and O–H groups in total. The molecule has 0 saturated carbocycles. The van der Waals surface area contributed by atoms with Crippen LogP contribution >= 0.6 is 0 Å². The third-order valence-electron chi connectivity index (χ3n) is 4.35. The van der Waals surface area contributed by atoms with Gasteiger partial charge in [-0.05, 0) is 12.5 Å². The largest absolute Gasteiger partial charge is 0.439 e. The van der Waals surface area contributed by atoms with Crippen molar-refractivity contribution in [3.8, 4) is 11.3 Å². The quantitative estimate of drug-likeness (QED) is 0.716. The average Bonchev–Trinajstić information content (AvgIpc) is 3.25. The number of rotatable bonds is 5. The Bertz CT molecular complexity index is 812. The number of oxazole rings is 1. The highest BCUT2D eigenvalue weighted by Gasteiger charge is 2.22. The SMILES string of the molecule is Cc1cnn(C[C@@H]2CN(Cc3ncc(-c4ccccc4)o3)CCO2)c1. The molecule has 6 nitrogen and oxygen atoms in total.